The van der Waals surface area contributed by atoms with E-state index in [1.165, 1.54) is 12.1 Å². The van der Waals surface area contributed by atoms with Crippen LogP contribution in [0.3, 0.4) is 0 Å². The minimum atomic E-state index is -4.53. The van der Waals surface area contributed by atoms with E-state index in [-0.39, 0.29) is 35.2 Å². The summed E-state index contributed by atoms with van der Waals surface area (Å²) < 4.78 is 42.1. The number of carbonyl (C=O) groups is 2. The van der Waals surface area contributed by atoms with Gasteiger partial charge in [0, 0.05) is 28.7 Å². The molecular formula is C23H19ClF3N5O3S. The summed E-state index contributed by atoms with van der Waals surface area (Å²) in [5.41, 5.74) is 7.88. The van der Waals surface area contributed by atoms with Crippen LogP contribution < -0.4 is 11.2 Å². The van der Waals surface area contributed by atoms with E-state index < -0.39 is 28.8 Å². The van der Waals surface area contributed by atoms with Crippen LogP contribution in [0.1, 0.15) is 16.7 Å². The number of alkyl halides is 3. The van der Waals surface area contributed by atoms with Gasteiger partial charge >= 0.3 is 6.18 Å². The third kappa shape index (κ3) is 5.66. The van der Waals surface area contributed by atoms with Crippen LogP contribution in [0, 0.1) is 5.41 Å². The molecule has 0 spiro atoms. The van der Waals surface area contributed by atoms with Crippen molar-refractivity contribution in [3.8, 4) is 0 Å². The third-order valence-corrected chi connectivity index (χ3v) is 6.43. The maximum Gasteiger partial charge on any atom is 0.416 e. The van der Waals surface area contributed by atoms with E-state index in [0.29, 0.717) is 11.1 Å². The Bertz CT molecular complexity index is 1390. The predicted octanol–water partition coefficient (Wildman–Crippen LogP) is 4.81. The zero-order chi connectivity index (χ0) is 26.0. The van der Waals surface area contributed by atoms with Crippen molar-refractivity contribution in [2.45, 2.75) is 12.7 Å². The highest BCUT2D eigenvalue weighted by atomic mass is 35.5. The first-order chi connectivity index (χ1) is 17.0. The number of imide groups is 1. The van der Waals surface area contributed by atoms with Crippen molar-refractivity contribution in [3.63, 3.8) is 0 Å². The first-order valence-corrected chi connectivity index (χ1v) is 11.6. The third-order valence-electron chi connectivity index (χ3n) is 5.28. The number of amides is 2. The number of guanidine groups is 1. The minimum absolute atomic E-state index is 0.00565. The largest absolute Gasteiger partial charge is 0.416 e. The lowest BCUT2D eigenvalue weighted by Crippen LogP contribution is -2.36. The monoisotopic (exact) mass is 537 g/mol. The van der Waals surface area contributed by atoms with Gasteiger partial charge in [0.25, 0.3) is 11.1 Å². The number of nitrogens with one attached hydrogen (secondary N) is 2. The van der Waals surface area contributed by atoms with E-state index in [4.69, 9.17) is 27.6 Å². The van der Waals surface area contributed by atoms with E-state index in [0.717, 1.165) is 28.1 Å². The number of hydrogen-bond acceptors (Lipinski definition) is 5. The van der Waals surface area contributed by atoms with Gasteiger partial charge in [0.15, 0.2) is 0 Å². The van der Waals surface area contributed by atoms with Crippen LogP contribution in [0.15, 0.2) is 53.6 Å². The van der Waals surface area contributed by atoms with Gasteiger partial charge in [-0.2, -0.15) is 13.2 Å². The Morgan fingerprint density at radius 2 is 1.97 bits per heavy atom. The van der Waals surface area contributed by atoms with E-state index in [2.05, 4.69) is 5.48 Å². The number of nitrogens with zero attached hydrogens (tertiary/aromatic N) is 2. The van der Waals surface area contributed by atoms with E-state index in [1.807, 2.05) is 0 Å². The minimum Gasteiger partial charge on any atom is -0.368 e. The molecule has 0 aliphatic carbocycles. The van der Waals surface area contributed by atoms with Gasteiger partial charge in [0.05, 0.1) is 23.6 Å². The maximum absolute atomic E-state index is 13.5. The van der Waals surface area contributed by atoms with E-state index in [1.54, 1.807) is 41.1 Å². The fourth-order valence-corrected chi connectivity index (χ4v) is 4.73. The SMILES string of the molecule is N=C(N)NOCCN1C(=O)SC(=Cc2ccc3c(ccn3Cc3ccc(Cl)cc3C(F)(F)F)c2)C1=O. The summed E-state index contributed by atoms with van der Waals surface area (Å²) in [7, 11) is 0. The first-order valence-electron chi connectivity index (χ1n) is 10.4. The van der Waals surface area contributed by atoms with Crippen LogP contribution in [0.25, 0.3) is 17.0 Å². The topological polar surface area (TPSA) is 113 Å². The number of halogens is 4. The average molecular weight is 538 g/mol. The zero-order valence-corrected chi connectivity index (χ0v) is 20.0. The summed E-state index contributed by atoms with van der Waals surface area (Å²) in [6.45, 7) is -0.0723. The quantitative estimate of drug-likeness (QED) is 0.131. The molecule has 36 heavy (non-hydrogen) atoms. The van der Waals surface area contributed by atoms with Crippen molar-refractivity contribution in [1.29, 1.82) is 5.41 Å². The number of hydroxylamine groups is 1. The molecule has 0 unspecified atom stereocenters. The number of rotatable bonds is 7. The maximum atomic E-state index is 13.5. The van der Waals surface area contributed by atoms with Crippen molar-refractivity contribution in [3.05, 3.63) is 75.3 Å². The molecule has 2 aromatic carbocycles. The van der Waals surface area contributed by atoms with E-state index >= 15 is 0 Å². The molecule has 3 aromatic rings. The van der Waals surface area contributed by atoms with Crippen LogP contribution in [0.2, 0.25) is 5.02 Å². The molecule has 1 aromatic heterocycles. The van der Waals surface area contributed by atoms with E-state index in [9.17, 15) is 22.8 Å². The van der Waals surface area contributed by atoms with Crippen LogP contribution in [0.4, 0.5) is 18.0 Å². The fraction of sp³-hybridized carbons (Fsp3) is 0.174. The second-order valence-corrected chi connectivity index (χ2v) is 9.19. The molecule has 1 fully saturated rings. The van der Waals surface area contributed by atoms with Gasteiger partial charge < -0.3 is 10.3 Å². The Hall–Kier alpha value is -3.48. The molecule has 8 nitrogen and oxygen atoms in total. The molecule has 1 aliphatic rings. The Labute approximate surface area is 212 Å². The number of hydrogen-bond donors (Lipinski definition) is 3. The highest BCUT2D eigenvalue weighted by molar-refractivity contribution is 8.18. The number of benzene rings is 2. The van der Waals surface area contributed by atoms with Gasteiger partial charge in [-0.05, 0) is 59.3 Å². The molecule has 4 rings (SSSR count). The summed E-state index contributed by atoms with van der Waals surface area (Å²) >= 11 is 6.57. The molecule has 0 radical (unpaired) electrons. The summed E-state index contributed by atoms with van der Waals surface area (Å²) in [6.07, 6.45) is -1.26. The Balaban J connectivity index is 1.52. The number of aromatic nitrogens is 1. The van der Waals surface area contributed by atoms with Crippen molar-refractivity contribution in [2.75, 3.05) is 13.2 Å². The second-order valence-electron chi connectivity index (χ2n) is 7.76. The van der Waals surface area contributed by atoms with Gasteiger partial charge in [0.1, 0.15) is 0 Å². The van der Waals surface area contributed by atoms with Gasteiger partial charge in [-0.25, -0.2) is 5.48 Å². The van der Waals surface area contributed by atoms with Crippen molar-refractivity contribution < 1.29 is 27.6 Å². The molecule has 0 saturated carbocycles. The molecule has 0 bridgehead atoms. The van der Waals surface area contributed by atoms with Crippen LogP contribution in [0.5, 0.6) is 0 Å². The number of nitrogens with two attached hydrogens (primary N) is 1. The zero-order valence-electron chi connectivity index (χ0n) is 18.4. The normalized spacial score (nSPS) is 15.3. The number of fused-ring (bicyclic) bond motifs is 1. The molecular weight excluding hydrogens is 519 g/mol. The standard InChI is InChI=1S/C23H19ClF3N5O3S/c24-16-3-2-15(17(11-16)23(25,26)27)12-31-6-5-14-9-13(1-4-18(14)31)10-19-20(33)32(22(34)36-19)7-8-35-30-21(28)29/h1-6,9-11H,7-8,12H2,(H4,28,29,30). The van der Waals surface area contributed by atoms with Crippen LogP contribution in [-0.4, -0.2) is 39.7 Å². The van der Waals surface area contributed by atoms with Crippen molar-refractivity contribution in [2.24, 2.45) is 5.73 Å². The summed E-state index contributed by atoms with van der Waals surface area (Å²) in [4.78, 5) is 31.0. The summed E-state index contributed by atoms with van der Waals surface area (Å²) in [5.74, 6) is -0.876. The molecule has 2 heterocycles. The lowest BCUT2D eigenvalue weighted by Gasteiger charge is -2.14. The lowest BCUT2D eigenvalue weighted by molar-refractivity contribution is -0.138. The Kier molecular flexibility index (Phi) is 7.29. The Morgan fingerprint density at radius 1 is 1.19 bits per heavy atom. The number of carbonyl (C=O) groups excluding carboxylic acids is 2. The molecule has 1 saturated heterocycles. The highest BCUT2D eigenvalue weighted by Gasteiger charge is 2.35. The summed E-state index contributed by atoms with van der Waals surface area (Å²) in [6, 6.07) is 10.7. The molecule has 13 heteroatoms. The van der Waals surface area contributed by atoms with Crippen molar-refractivity contribution in [1.82, 2.24) is 14.9 Å². The average Bonchev–Trinajstić information content (AvgIpc) is 3.31. The smallest absolute Gasteiger partial charge is 0.368 e. The molecule has 188 valence electrons. The lowest BCUT2D eigenvalue weighted by atomic mass is 10.1. The van der Waals surface area contributed by atoms with Gasteiger partial charge in [-0.15, -0.1) is 0 Å². The predicted molar refractivity (Wildman–Crippen MR) is 131 cm³/mol. The molecule has 2 amide bonds. The van der Waals surface area contributed by atoms with Gasteiger partial charge in [0.2, 0.25) is 5.96 Å². The molecule has 4 N–H and O–H groups in total. The highest BCUT2D eigenvalue weighted by Crippen LogP contribution is 2.35. The second kappa shape index (κ2) is 10.2. The van der Waals surface area contributed by atoms with Crippen LogP contribution >= 0.6 is 23.4 Å². The Morgan fingerprint density at radius 3 is 2.69 bits per heavy atom. The van der Waals surface area contributed by atoms with Crippen LogP contribution in [-0.2, 0) is 22.4 Å². The first kappa shape index (κ1) is 25.6. The fourth-order valence-electron chi connectivity index (χ4n) is 3.69. The number of thioether (sulfide) groups is 1. The van der Waals surface area contributed by atoms with Crippen molar-refractivity contribution >= 4 is 57.4 Å². The van der Waals surface area contributed by atoms with Gasteiger partial charge in [-0.3, -0.25) is 24.7 Å². The van der Waals surface area contributed by atoms with Gasteiger partial charge in [-0.1, -0.05) is 23.7 Å². The molecule has 0 atom stereocenters. The summed E-state index contributed by atoms with van der Waals surface area (Å²) in [5, 5.41) is 7.32. The molecule has 1 aliphatic heterocycles.